The molecule has 0 radical (unpaired) electrons. The van der Waals surface area contributed by atoms with E-state index in [1.165, 1.54) is 7.11 Å². The Balaban J connectivity index is 2.12. The molecule has 24 heavy (non-hydrogen) atoms. The molecule has 1 fully saturated rings. The second-order valence-corrected chi connectivity index (χ2v) is 5.32. The molecule has 0 spiro atoms. The van der Waals surface area contributed by atoms with Gasteiger partial charge < -0.3 is 14.8 Å². The predicted molar refractivity (Wildman–Crippen MR) is 87.4 cm³/mol. The lowest BCUT2D eigenvalue weighted by Crippen LogP contribution is -2.31. The molecule has 2 aromatic carbocycles. The third-order valence-electron chi connectivity index (χ3n) is 3.98. The highest BCUT2D eigenvalue weighted by atomic mass is 16.5. The molecule has 5 nitrogen and oxygen atoms in total. The summed E-state index contributed by atoms with van der Waals surface area (Å²) in [6, 6.07) is 21.3. The number of hydrogen-bond acceptors (Lipinski definition) is 5. The highest BCUT2D eigenvalue weighted by molar-refractivity contribution is 5.93. The zero-order chi connectivity index (χ0) is 17.0. The zero-order valence-electron chi connectivity index (χ0n) is 13.2. The van der Waals surface area contributed by atoms with Gasteiger partial charge in [-0.3, -0.25) is 0 Å². The van der Waals surface area contributed by atoms with Crippen LogP contribution < -0.4 is 5.32 Å². The number of hydrogen-bond donors (Lipinski definition) is 1. The van der Waals surface area contributed by atoms with Crippen LogP contribution in [-0.2, 0) is 19.9 Å². The van der Waals surface area contributed by atoms with E-state index in [9.17, 15) is 10.1 Å². The van der Waals surface area contributed by atoms with Gasteiger partial charge in [-0.15, -0.1) is 0 Å². The second kappa shape index (κ2) is 6.47. The van der Waals surface area contributed by atoms with Crippen molar-refractivity contribution in [1.29, 1.82) is 5.26 Å². The Morgan fingerprint density at radius 3 is 2.12 bits per heavy atom. The highest BCUT2D eigenvalue weighted by Gasteiger charge is 2.43. The summed E-state index contributed by atoms with van der Waals surface area (Å²) in [5.74, 6) is -0.589. The number of nitriles is 1. The summed E-state index contributed by atoms with van der Waals surface area (Å²) in [4.78, 5) is 11.8. The Bertz CT molecular complexity index is 768. The standard InChI is InChI=1S/C19H16N2O3/c1-23-18(22)16(12-20)17-21-13-19(24-17,14-8-4-2-5-9-14)15-10-6-3-7-11-15/h2-11,21H,13H2,1H3/b17-16+. The van der Waals surface area contributed by atoms with E-state index < -0.39 is 11.6 Å². The second-order valence-electron chi connectivity index (χ2n) is 5.32. The van der Waals surface area contributed by atoms with Crippen LogP contribution in [0, 0.1) is 11.3 Å². The molecule has 0 aliphatic carbocycles. The zero-order valence-corrected chi connectivity index (χ0v) is 13.2. The molecule has 120 valence electrons. The number of esters is 1. The lowest BCUT2D eigenvalue weighted by molar-refractivity contribution is -0.135. The van der Waals surface area contributed by atoms with Crippen molar-refractivity contribution in [1.82, 2.24) is 5.32 Å². The van der Waals surface area contributed by atoms with Gasteiger partial charge in [-0.05, 0) is 0 Å². The molecule has 3 rings (SSSR count). The quantitative estimate of drug-likeness (QED) is 0.534. The van der Waals surface area contributed by atoms with E-state index in [4.69, 9.17) is 4.74 Å². The molecule has 0 atom stereocenters. The SMILES string of the molecule is COC(=O)/C(C#N)=C1\NCC(c2ccccc2)(c2ccccc2)O1. The van der Waals surface area contributed by atoms with Crippen LogP contribution in [0.2, 0.25) is 0 Å². The van der Waals surface area contributed by atoms with Crippen LogP contribution in [0.5, 0.6) is 0 Å². The maximum atomic E-state index is 11.8. The van der Waals surface area contributed by atoms with E-state index in [0.29, 0.717) is 6.54 Å². The van der Waals surface area contributed by atoms with Crippen LogP contribution in [0.4, 0.5) is 0 Å². The first-order chi connectivity index (χ1) is 11.7. The van der Waals surface area contributed by atoms with Crippen LogP contribution in [0.15, 0.2) is 72.1 Å². The number of benzene rings is 2. The Hall–Kier alpha value is -3.26. The van der Waals surface area contributed by atoms with Gasteiger partial charge in [-0.25, -0.2) is 4.79 Å². The fourth-order valence-corrected chi connectivity index (χ4v) is 2.79. The summed E-state index contributed by atoms with van der Waals surface area (Å²) in [7, 11) is 1.23. The van der Waals surface area contributed by atoms with Gasteiger partial charge in [0.15, 0.2) is 11.2 Å². The number of nitrogens with one attached hydrogen (secondary N) is 1. The molecule has 1 aliphatic rings. The van der Waals surface area contributed by atoms with E-state index >= 15 is 0 Å². The van der Waals surface area contributed by atoms with E-state index in [-0.39, 0.29) is 11.5 Å². The van der Waals surface area contributed by atoms with Crippen molar-refractivity contribution >= 4 is 5.97 Å². The largest absolute Gasteiger partial charge is 0.465 e. The molecule has 1 heterocycles. The minimum Gasteiger partial charge on any atom is -0.465 e. The minimum absolute atomic E-state index is 0.136. The average Bonchev–Trinajstić information content (AvgIpc) is 3.10. The number of methoxy groups -OCH3 is 1. The van der Waals surface area contributed by atoms with Gasteiger partial charge in [0, 0.05) is 11.1 Å². The molecule has 0 bridgehead atoms. The Morgan fingerprint density at radius 1 is 1.12 bits per heavy atom. The van der Waals surface area contributed by atoms with E-state index in [1.807, 2.05) is 66.7 Å². The highest BCUT2D eigenvalue weighted by Crippen LogP contribution is 2.39. The molecule has 0 saturated carbocycles. The fourth-order valence-electron chi connectivity index (χ4n) is 2.79. The van der Waals surface area contributed by atoms with Crippen molar-refractivity contribution < 1.29 is 14.3 Å². The van der Waals surface area contributed by atoms with E-state index in [2.05, 4.69) is 10.1 Å². The Kier molecular flexibility index (Phi) is 4.21. The number of carbonyl (C=O) groups is 1. The fraction of sp³-hybridized carbons (Fsp3) is 0.158. The Labute approximate surface area is 140 Å². The van der Waals surface area contributed by atoms with Gasteiger partial charge in [0.2, 0.25) is 5.88 Å². The molecule has 0 aromatic heterocycles. The molecule has 1 aliphatic heterocycles. The minimum atomic E-state index is -0.812. The third kappa shape index (κ3) is 2.59. The lowest BCUT2D eigenvalue weighted by Gasteiger charge is -2.28. The van der Waals surface area contributed by atoms with Crippen LogP contribution in [0.3, 0.4) is 0 Å². The van der Waals surface area contributed by atoms with Crippen LogP contribution in [-0.4, -0.2) is 19.6 Å². The van der Waals surface area contributed by atoms with E-state index in [1.54, 1.807) is 0 Å². The molecule has 2 aromatic rings. The van der Waals surface area contributed by atoms with Gasteiger partial charge in [0.25, 0.3) is 0 Å². The van der Waals surface area contributed by atoms with Gasteiger partial charge >= 0.3 is 5.97 Å². The van der Waals surface area contributed by atoms with Gasteiger partial charge in [0.1, 0.15) is 6.07 Å². The summed E-state index contributed by atoms with van der Waals surface area (Å²) >= 11 is 0. The van der Waals surface area contributed by atoms with Crippen molar-refractivity contribution in [2.75, 3.05) is 13.7 Å². The summed E-state index contributed by atoms with van der Waals surface area (Å²) in [5, 5.41) is 12.3. The van der Waals surface area contributed by atoms with Crippen LogP contribution in [0.1, 0.15) is 11.1 Å². The Morgan fingerprint density at radius 2 is 1.67 bits per heavy atom. The summed E-state index contributed by atoms with van der Waals surface area (Å²) in [6.07, 6.45) is 0. The van der Waals surface area contributed by atoms with E-state index in [0.717, 1.165) is 11.1 Å². The van der Waals surface area contributed by atoms with Gasteiger partial charge in [0.05, 0.1) is 13.7 Å². The monoisotopic (exact) mass is 320 g/mol. The first kappa shape index (κ1) is 15.6. The first-order valence-corrected chi connectivity index (χ1v) is 7.48. The first-order valence-electron chi connectivity index (χ1n) is 7.48. The molecular formula is C19H16N2O3. The van der Waals surface area contributed by atoms with Crippen molar-refractivity contribution in [2.45, 2.75) is 5.60 Å². The topological polar surface area (TPSA) is 71.4 Å². The molecule has 0 amide bonds. The maximum Gasteiger partial charge on any atom is 0.354 e. The van der Waals surface area contributed by atoms with Crippen molar-refractivity contribution in [3.63, 3.8) is 0 Å². The van der Waals surface area contributed by atoms with Crippen molar-refractivity contribution in [2.24, 2.45) is 0 Å². The summed E-state index contributed by atoms with van der Waals surface area (Å²) in [5.41, 5.74) is 0.876. The lowest BCUT2D eigenvalue weighted by atomic mass is 9.86. The molecular weight excluding hydrogens is 304 g/mol. The average molecular weight is 320 g/mol. The molecule has 1 N–H and O–H groups in total. The van der Waals surface area contributed by atoms with Crippen molar-refractivity contribution in [3.8, 4) is 6.07 Å². The molecule has 1 saturated heterocycles. The summed E-state index contributed by atoms with van der Waals surface area (Å²) in [6.45, 7) is 0.401. The predicted octanol–water partition coefficient (Wildman–Crippen LogP) is 2.46. The van der Waals surface area contributed by atoms with Gasteiger partial charge in [-0.2, -0.15) is 5.26 Å². The number of rotatable bonds is 3. The third-order valence-corrected chi connectivity index (χ3v) is 3.98. The summed E-state index contributed by atoms with van der Waals surface area (Å²) < 4.78 is 10.8. The number of nitrogens with zero attached hydrogens (tertiary/aromatic N) is 1. The van der Waals surface area contributed by atoms with Crippen molar-refractivity contribution in [3.05, 3.63) is 83.2 Å². The number of carbonyl (C=O) groups excluding carboxylic acids is 1. The smallest absolute Gasteiger partial charge is 0.354 e. The maximum absolute atomic E-state index is 11.8. The number of ether oxygens (including phenoxy) is 2. The normalized spacial score (nSPS) is 17.2. The molecule has 0 unspecified atom stereocenters. The van der Waals surface area contributed by atoms with Crippen LogP contribution in [0.25, 0.3) is 0 Å². The van der Waals surface area contributed by atoms with Gasteiger partial charge in [-0.1, -0.05) is 60.7 Å². The van der Waals surface area contributed by atoms with Crippen LogP contribution >= 0.6 is 0 Å². The molecule has 5 heteroatoms.